The molecule has 1 aromatic carbocycles. The van der Waals surface area contributed by atoms with Gasteiger partial charge in [0.1, 0.15) is 11.9 Å². The number of rotatable bonds is 6. The third kappa shape index (κ3) is 3.56. The minimum absolute atomic E-state index is 0.0437. The summed E-state index contributed by atoms with van der Waals surface area (Å²) in [7, 11) is -3.80. The first-order chi connectivity index (χ1) is 10.8. The molecule has 5 nitrogen and oxygen atoms in total. The fourth-order valence-corrected chi connectivity index (χ4v) is 3.40. The molecule has 0 amide bonds. The molecule has 1 heterocycles. The van der Waals surface area contributed by atoms with Crippen LogP contribution in [0.15, 0.2) is 36.5 Å². The summed E-state index contributed by atoms with van der Waals surface area (Å²) < 4.78 is 67.2. The Morgan fingerprint density at radius 1 is 1.30 bits per heavy atom. The zero-order valence-electron chi connectivity index (χ0n) is 11.9. The monoisotopic (exact) mass is 345 g/mol. The van der Waals surface area contributed by atoms with E-state index in [2.05, 4.69) is 9.82 Å². The lowest BCUT2D eigenvalue weighted by molar-refractivity contribution is 0.0977. The van der Waals surface area contributed by atoms with Crippen molar-refractivity contribution < 1.29 is 21.6 Å². The Bertz CT molecular complexity index is 820. The van der Waals surface area contributed by atoms with E-state index in [0.717, 1.165) is 4.68 Å². The van der Waals surface area contributed by atoms with Crippen molar-refractivity contribution in [1.29, 1.82) is 0 Å². The Morgan fingerprint density at radius 3 is 2.65 bits per heavy atom. The van der Waals surface area contributed by atoms with Gasteiger partial charge in [0.15, 0.2) is 0 Å². The van der Waals surface area contributed by atoms with E-state index in [1.165, 1.54) is 36.5 Å². The smallest absolute Gasteiger partial charge is 0.259 e. The number of aromatic nitrogens is 2. The highest BCUT2D eigenvalue weighted by molar-refractivity contribution is 7.88. The lowest BCUT2D eigenvalue weighted by Gasteiger charge is -2.09. The summed E-state index contributed by atoms with van der Waals surface area (Å²) in [4.78, 5) is 0. The van der Waals surface area contributed by atoms with Gasteiger partial charge >= 0.3 is 0 Å². The molecule has 1 aliphatic carbocycles. The van der Waals surface area contributed by atoms with Gasteiger partial charge < -0.3 is 0 Å². The molecular weight excluding hydrogens is 331 g/mol. The Labute approximate surface area is 131 Å². The molecule has 0 aliphatic heterocycles. The molecule has 1 saturated carbocycles. The lowest BCUT2D eigenvalue weighted by atomic mass is 10.2. The van der Waals surface area contributed by atoms with Crippen LogP contribution in [0.2, 0.25) is 0 Å². The molecule has 1 aromatic heterocycles. The maximum absolute atomic E-state index is 13.5. The number of benzene rings is 1. The van der Waals surface area contributed by atoms with Gasteiger partial charge in [-0.2, -0.15) is 5.10 Å². The summed E-state index contributed by atoms with van der Waals surface area (Å²) >= 11 is 0. The molecule has 0 radical (unpaired) electrons. The van der Waals surface area contributed by atoms with Crippen molar-refractivity contribution >= 4 is 10.0 Å². The van der Waals surface area contributed by atoms with Crippen LogP contribution in [0.5, 0.6) is 0 Å². The Balaban J connectivity index is 1.67. The summed E-state index contributed by atoms with van der Waals surface area (Å²) in [6, 6.07) is 6.01. The van der Waals surface area contributed by atoms with Crippen LogP contribution in [0.4, 0.5) is 13.2 Å². The van der Waals surface area contributed by atoms with Gasteiger partial charge in [-0.3, -0.25) is 4.68 Å². The predicted molar refractivity (Wildman–Crippen MR) is 76.7 cm³/mol. The van der Waals surface area contributed by atoms with E-state index >= 15 is 0 Å². The van der Waals surface area contributed by atoms with Gasteiger partial charge in [0, 0.05) is 18.2 Å². The summed E-state index contributed by atoms with van der Waals surface area (Å²) in [6.45, 7) is -0.177. The van der Waals surface area contributed by atoms with Gasteiger partial charge in [0.05, 0.1) is 18.0 Å². The number of nitrogens with zero attached hydrogens (tertiary/aromatic N) is 2. The van der Waals surface area contributed by atoms with E-state index < -0.39 is 33.6 Å². The van der Waals surface area contributed by atoms with E-state index in [4.69, 9.17) is 0 Å². The Hall–Kier alpha value is -1.87. The fraction of sp³-hybridized carbons (Fsp3) is 0.357. The van der Waals surface area contributed by atoms with Crippen molar-refractivity contribution in [2.75, 3.05) is 0 Å². The van der Waals surface area contributed by atoms with Gasteiger partial charge in [-0.1, -0.05) is 18.2 Å². The van der Waals surface area contributed by atoms with Crippen molar-refractivity contribution in [1.82, 2.24) is 14.5 Å². The number of sulfonamides is 1. The van der Waals surface area contributed by atoms with Crippen LogP contribution in [0.25, 0.3) is 0 Å². The van der Waals surface area contributed by atoms with Crippen molar-refractivity contribution in [3.8, 4) is 0 Å². The third-order valence-corrected chi connectivity index (χ3v) is 4.89. The number of hydrogen-bond acceptors (Lipinski definition) is 3. The van der Waals surface area contributed by atoms with E-state index in [1.807, 2.05) is 0 Å². The van der Waals surface area contributed by atoms with Crippen LogP contribution in [-0.4, -0.2) is 24.1 Å². The number of nitrogens with one attached hydrogen (secondary N) is 1. The van der Waals surface area contributed by atoms with Crippen LogP contribution in [0.1, 0.15) is 23.7 Å². The molecule has 0 spiro atoms. The van der Waals surface area contributed by atoms with E-state index in [1.54, 1.807) is 0 Å². The molecule has 1 atom stereocenters. The molecule has 2 aromatic rings. The lowest BCUT2D eigenvalue weighted by Crippen LogP contribution is -2.26. The predicted octanol–water partition coefficient (Wildman–Crippen LogP) is 2.22. The Kier molecular flexibility index (Phi) is 3.93. The number of halogens is 3. The molecule has 1 aliphatic rings. The average molecular weight is 345 g/mol. The normalized spacial score (nSPS) is 19.7. The van der Waals surface area contributed by atoms with Crippen LogP contribution in [0, 0.1) is 5.82 Å². The zero-order chi connectivity index (χ0) is 16.7. The van der Waals surface area contributed by atoms with E-state index in [0.29, 0.717) is 5.69 Å². The van der Waals surface area contributed by atoms with Crippen LogP contribution in [0.3, 0.4) is 0 Å². The average Bonchev–Trinajstić information content (AvgIpc) is 2.91. The summed E-state index contributed by atoms with van der Waals surface area (Å²) in [5.41, 5.74) is 0.381. The summed E-state index contributed by atoms with van der Waals surface area (Å²) in [5, 5.41) is 3.81. The second-order valence-electron chi connectivity index (χ2n) is 5.42. The standard InChI is InChI=1S/C14H14F3N3O2S/c15-12-4-2-1-3-10(12)9-23(21,22)19-8-11-5-6-18-20(11)13-7-14(13,16)17/h1-6,13,19H,7-9H2. The molecule has 3 rings (SSSR count). The fourth-order valence-electron chi connectivity index (χ4n) is 2.28. The highest BCUT2D eigenvalue weighted by Gasteiger charge is 2.59. The largest absolute Gasteiger partial charge is 0.272 e. The van der Waals surface area contributed by atoms with Crippen molar-refractivity contribution in [2.24, 2.45) is 0 Å². The molecule has 23 heavy (non-hydrogen) atoms. The first-order valence-electron chi connectivity index (χ1n) is 6.89. The third-order valence-electron chi connectivity index (χ3n) is 3.62. The summed E-state index contributed by atoms with van der Waals surface area (Å²) in [5.74, 6) is -3.93. The van der Waals surface area contributed by atoms with Gasteiger partial charge in [-0.05, 0) is 12.1 Å². The van der Waals surface area contributed by atoms with Gasteiger partial charge in [-0.25, -0.2) is 26.3 Å². The minimum Gasteiger partial charge on any atom is -0.259 e. The molecule has 0 saturated heterocycles. The molecule has 124 valence electrons. The molecule has 9 heteroatoms. The zero-order valence-corrected chi connectivity index (χ0v) is 12.7. The first-order valence-corrected chi connectivity index (χ1v) is 8.55. The Morgan fingerprint density at radius 2 is 2.00 bits per heavy atom. The second kappa shape index (κ2) is 5.64. The van der Waals surface area contributed by atoms with Crippen LogP contribution < -0.4 is 4.72 Å². The van der Waals surface area contributed by atoms with Gasteiger partial charge in [0.25, 0.3) is 5.92 Å². The van der Waals surface area contributed by atoms with Crippen LogP contribution in [-0.2, 0) is 22.3 Å². The van der Waals surface area contributed by atoms with Crippen LogP contribution >= 0.6 is 0 Å². The SMILES string of the molecule is O=S(=O)(Cc1ccccc1F)NCc1ccnn1C1CC1(F)F. The first kappa shape index (κ1) is 16.0. The molecule has 1 fully saturated rings. The quantitative estimate of drug-likeness (QED) is 0.873. The maximum Gasteiger partial charge on any atom is 0.272 e. The topological polar surface area (TPSA) is 64.0 Å². The molecular formula is C14H14F3N3O2S. The van der Waals surface area contributed by atoms with E-state index in [9.17, 15) is 21.6 Å². The molecule has 1 unspecified atom stereocenters. The van der Waals surface area contributed by atoms with Crippen molar-refractivity contribution in [3.05, 3.63) is 53.6 Å². The van der Waals surface area contributed by atoms with Crippen molar-refractivity contribution in [3.63, 3.8) is 0 Å². The summed E-state index contributed by atoms with van der Waals surface area (Å²) in [6.07, 6.45) is 1.04. The molecule has 0 bridgehead atoms. The number of hydrogen-bond donors (Lipinski definition) is 1. The number of alkyl halides is 2. The highest BCUT2D eigenvalue weighted by atomic mass is 32.2. The van der Waals surface area contributed by atoms with Gasteiger partial charge in [0.2, 0.25) is 10.0 Å². The van der Waals surface area contributed by atoms with E-state index in [-0.39, 0.29) is 18.5 Å². The van der Waals surface area contributed by atoms with Gasteiger partial charge in [-0.15, -0.1) is 0 Å². The second-order valence-corrected chi connectivity index (χ2v) is 7.23. The van der Waals surface area contributed by atoms with Crippen molar-refractivity contribution in [2.45, 2.75) is 30.7 Å². The molecule has 1 N–H and O–H groups in total. The maximum atomic E-state index is 13.5. The minimum atomic E-state index is -3.80. The highest BCUT2D eigenvalue weighted by Crippen LogP contribution is 2.52.